The number of anilines is 1. The Labute approximate surface area is 102 Å². The van der Waals surface area contributed by atoms with Crippen molar-refractivity contribution in [1.29, 1.82) is 0 Å². The smallest absolute Gasteiger partial charge is 0.276 e. The molecule has 0 saturated carbocycles. The topological polar surface area (TPSA) is 39.1 Å². The van der Waals surface area contributed by atoms with Crippen molar-refractivity contribution in [2.75, 3.05) is 12.8 Å². The Balaban J connectivity index is 0.00000169. The fourth-order valence-electron chi connectivity index (χ4n) is 0.953. The molecule has 0 aliphatic carbocycles. The highest BCUT2D eigenvalue weighted by atomic mass is 79.9. The summed E-state index contributed by atoms with van der Waals surface area (Å²) < 4.78 is 7.66. The van der Waals surface area contributed by atoms with Crippen LogP contribution in [0.25, 0.3) is 0 Å². The van der Waals surface area contributed by atoms with Gasteiger partial charge in [0, 0.05) is 0 Å². The molecule has 76 valence electrons. The molecule has 0 aliphatic rings. The van der Waals surface area contributed by atoms with Gasteiger partial charge in [0.1, 0.15) is 11.9 Å². The molecule has 14 heavy (non-hydrogen) atoms. The van der Waals surface area contributed by atoms with E-state index in [2.05, 4.69) is 21.9 Å². The van der Waals surface area contributed by atoms with Gasteiger partial charge in [-0.25, -0.2) is 4.57 Å². The zero-order valence-corrected chi connectivity index (χ0v) is 10.8. The molecule has 0 aliphatic heterocycles. The Bertz CT molecular complexity index is 361. The van der Waals surface area contributed by atoms with Crippen LogP contribution >= 0.6 is 15.9 Å². The molecular weight excluding hydrogens is 312 g/mol. The summed E-state index contributed by atoms with van der Waals surface area (Å²) in [5.41, 5.74) is 5.72. The molecular formula is C9H10Br2N2O. The summed E-state index contributed by atoms with van der Waals surface area (Å²) in [6, 6.07) is 1.72. The maximum absolute atomic E-state index is 5.72. The minimum absolute atomic E-state index is 0. The van der Waals surface area contributed by atoms with Crippen LogP contribution in [0.3, 0.4) is 0 Å². The van der Waals surface area contributed by atoms with E-state index in [1.807, 2.05) is 0 Å². The van der Waals surface area contributed by atoms with Crippen LogP contribution in [-0.2, 0) is 6.54 Å². The zero-order chi connectivity index (χ0) is 9.84. The van der Waals surface area contributed by atoms with Crippen LogP contribution in [0.4, 0.5) is 5.82 Å². The minimum Gasteiger partial charge on any atom is -1.00 e. The van der Waals surface area contributed by atoms with Gasteiger partial charge in [-0.05, 0) is 15.9 Å². The summed E-state index contributed by atoms with van der Waals surface area (Å²) in [5, 5.41) is 0. The van der Waals surface area contributed by atoms with Gasteiger partial charge in [0.25, 0.3) is 5.82 Å². The first-order chi connectivity index (χ1) is 6.19. The molecule has 0 saturated heterocycles. The number of rotatable bonds is 2. The van der Waals surface area contributed by atoms with Gasteiger partial charge in [-0.1, -0.05) is 5.92 Å². The van der Waals surface area contributed by atoms with Gasteiger partial charge < -0.3 is 21.7 Å². The molecule has 0 unspecified atom stereocenters. The number of terminal acetylenes is 1. The molecule has 0 atom stereocenters. The highest BCUT2D eigenvalue weighted by Gasteiger charge is 2.09. The molecule has 1 aromatic heterocycles. The quantitative estimate of drug-likeness (QED) is 0.504. The second-order valence-corrected chi connectivity index (χ2v) is 3.30. The number of hydrogen-bond acceptors (Lipinski definition) is 2. The van der Waals surface area contributed by atoms with Crippen molar-refractivity contribution >= 4 is 21.7 Å². The van der Waals surface area contributed by atoms with Gasteiger partial charge >= 0.3 is 0 Å². The third kappa shape index (κ3) is 2.89. The van der Waals surface area contributed by atoms with Crippen molar-refractivity contribution < 1.29 is 26.3 Å². The number of methoxy groups -OCH3 is 1. The van der Waals surface area contributed by atoms with Crippen molar-refractivity contribution in [3.05, 3.63) is 16.7 Å². The number of hydrogen-bond donors (Lipinski definition) is 1. The predicted molar refractivity (Wildman–Crippen MR) is 54.1 cm³/mol. The number of nitrogens with two attached hydrogens (primary N) is 1. The number of ether oxygens (including phenoxy) is 1. The largest absolute Gasteiger partial charge is 1.00 e. The number of halogens is 2. The van der Waals surface area contributed by atoms with E-state index in [4.69, 9.17) is 16.9 Å². The van der Waals surface area contributed by atoms with E-state index < -0.39 is 0 Å². The van der Waals surface area contributed by atoms with Gasteiger partial charge in [-0.2, -0.15) is 0 Å². The predicted octanol–water partition coefficient (Wildman–Crippen LogP) is -2.04. The van der Waals surface area contributed by atoms with Crippen LogP contribution in [0.1, 0.15) is 0 Å². The van der Waals surface area contributed by atoms with Gasteiger partial charge in [0.2, 0.25) is 0 Å². The van der Waals surface area contributed by atoms with Crippen molar-refractivity contribution in [1.82, 2.24) is 0 Å². The standard InChI is InChI=1S/C9H9BrN2O.BrH/c1-3-4-12-6-7(10)8(13-2)5-9(12)11;/h1,5-6,11H,4H2,2H3;1H. The number of aromatic nitrogens is 1. The Morgan fingerprint density at radius 3 is 2.86 bits per heavy atom. The third-order valence-corrected chi connectivity index (χ3v) is 2.19. The lowest BCUT2D eigenvalue weighted by Gasteiger charge is -2.04. The van der Waals surface area contributed by atoms with Crippen LogP contribution in [0.5, 0.6) is 5.75 Å². The lowest BCUT2D eigenvalue weighted by atomic mass is 10.4. The molecule has 0 aromatic carbocycles. The average molecular weight is 322 g/mol. The maximum Gasteiger partial charge on any atom is 0.276 e. The molecule has 0 amide bonds. The Hall–Kier alpha value is -0.730. The molecule has 0 spiro atoms. The van der Waals surface area contributed by atoms with Gasteiger partial charge in [0.15, 0.2) is 6.54 Å². The van der Waals surface area contributed by atoms with Crippen LogP contribution in [0.2, 0.25) is 0 Å². The van der Waals surface area contributed by atoms with Crippen molar-refractivity contribution in [3.8, 4) is 18.1 Å². The fraction of sp³-hybridized carbons (Fsp3) is 0.222. The summed E-state index contributed by atoms with van der Waals surface area (Å²) in [6.45, 7) is 0.453. The van der Waals surface area contributed by atoms with Crippen molar-refractivity contribution in [2.45, 2.75) is 6.54 Å². The summed E-state index contributed by atoms with van der Waals surface area (Å²) in [7, 11) is 1.59. The molecule has 5 heteroatoms. The van der Waals surface area contributed by atoms with Gasteiger partial charge in [0.05, 0.1) is 17.6 Å². The first kappa shape index (κ1) is 13.3. The van der Waals surface area contributed by atoms with Gasteiger partial charge in [-0.3, -0.25) is 5.73 Å². The van der Waals surface area contributed by atoms with Crippen LogP contribution in [0, 0.1) is 12.3 Å². The molecule has 1 heterocycles. The number of pyridine rings is 1. The van der Waals surface area contributed by atoms with E-state index in [-0.39, 0.29) is 17.0 Å². The fourth-order valence-corrected chi connectivity index (χ4v) is 1.48. The second-order valence-electron chi connectivity index (χ2n) is 2.45. The van der Waals surface area contributed by atoms with Gasteiger partial charge in [-0.15, -0.1) is 6.42 Å². The summed E-state index contributed by atoms with van der Waals surface area (Å²) >= 11 is 3.34. The second kappa shape index (κ2) is 5.89. The SMILES string of the molecule is C#CC[n+]1cc(Br)c(OC)cc1N.[Br-]. The van der Waals surface area contributed by atoms with E-state index in [0.717, 1.165) is 4.47 Å². The van der Waals surface area contributed by atoms with Crippen LogP contribution in [0.15, 0.2) is 16.7 Å². The van der Waals surface area contributed by atoms with E-state index in [9.17, 15) is 0 Å². The van der Waals surface area contributed by atoms with E-state index in [1.165, 1.54) is 0 Å². The van der Waals surface area contributed by atoms with E-state index >= 15 is 0 Å². The van der Waals surface area contributed by atoms with Crippen molar-refractivity contribution in [3.63, 3.8) is 0 Å². The molecule has 0 bridgehead atoms. The summed E-state index contributed by atoms with van der Waals surface area (Å²) in [4.78, 5) is 0. The molecule has 1 aromatic rings. The summed E-state index contributed by atoms with van der Waals surface area (Å²) in [6.07, 6.45) is 6.98. The Morgan fingerprint density at radius 1 is 1.71 bits per heavy atom. The first-order valence-corrected chi connectivity index (χ1v) is 4.44. The normalized spacial score (nSPS) is 8.64. The molecule has 1 rings (SSSR count). The minimum atomic E-state index is 0. The highest BCUT2D eigenvalue weighted by molar-refractivity contribution is 9.10. The van der Waals surface area contributed by atoms with E-state index in [0.29, 0.717) is 18.1 Å². The Kier molecular flexibility index (Phi) is 5.58. The third-order valence-electron chi connectivity index (χ3n) is 1.60. The molecule has 3 nitrogen and oxygen atoms in total. The molecule has 0 fully saturated rings. The van der Waals surface area contributed by atoms with Crippen LogP contribution < -0.4 is 32.0 Å². The number of nitrogen functional groups attached to an aromatic ring is 1. The van der Waals surface area contributed by atoms with Crippen molar-refractivity contribution in [2.24, 2.45) is 0 Å². The lowest BCUT2D eigenvalue weighted by molar-refractivity contribution is -0.670. The number of nitrogens with zero attached hydrogens (tertiary/aromatic N) is 1. The zero-order valence-electron chi connectivity index (χ0n) is 7.63. The van der Waals surface area contributed by atoms with E-state index in [1.54, 1.807) is 23.9 Å². The highest BCUT2D eigenvalue weighted by Crippen LogP contribution is 2.23. The van der Waals surface area contributed by atoms with Crippen LogP contribution in [-0.4, -0.2) is 7.11 Å². The first-order valence-electron chi connectivity index (χ1n) is 3.65. The summed E-state index contributed by atoms with van der Waals surface area (Å²) in [5.74, 6) is 3.79. The lowest BCUT2D eigenvalue weighted by Crippen LogP contribution is -3.00. The Morgan fingerprint density at radius 2 is 2.36 bits per heavy atom. The molecule has 0 radical (unpaired) electrons. The maximum atomic E-state index is 5.72. The average Bonchev–Trinajstić information content (AvgIpc) is 2.11. The monoisotopic (exact) mass is 320 g/mol. The molecule has 2 N–H and O–H groups in total.